The SMILES string of the molecule is C=CCOc1ccc(C2/C(=C(\O)c3ccc(OCCC)c(C)c3)C(=O)C(=O)N2CCCN2CCOCC2)cc1. The minimum absolute atomic E-state index is 0.0905. The summed E-state index contributed by atoms with van der Waals surface area (Å²) in [6, 6.07) is 11.9. The summed E-state index contributed by atoms with van der Waals surface area (Å²) in [6.45, 7) is 12.9. The van der Waals surface area contributed by atoms with Crippen LogP contribution in [0.5, 0.6) is 11.5 Å². The lowest BCUT2D eigenvalue weighted by Gasteiger charge is -2.29. The number of nitrogens with zero attached hydrogens (tertiary/aromatic N) is 2. The number of Topliss-reactive ketones (excluding diaryl/α,β-unsaturated/α-hetero) is 1. The van der Waals surface area contributed by atoms with Gasteiger partial charge in [0.2, 0.25) is 0 Å². The summed E-state index contributed by atoms with van der Waals surface area (Å²) < 4.78 is 16.8. The van der Waals surface area contributed by atoms with Crippen molar-refractivity contribution in [3.8, 4) is 11.5 Å². The summed E-state index contributed by atoms with van der Waals surface area (Å²) in [4.78, 5) is 30.6. The van der Waals surface area contributed by atoms with Crippen LogP contribution in [0.15, 0.2) is 60.7 Å². The molecule has 0 aromatic heterocycles. The number of aliphatic hydroxyl groups excluding tert-OH is 1. The second-order valence-corrected chi connectivity index (χ2v) is 9.80. The summed E-state index contributed by atoms with van der Waals surface area (Å²) in [6.07, 6.45) is 3.25. The Hall–Kier alpha value is -3.62. The Morgan fingerprint density at radius 3 is 2.51 bits per heavy atom. The van der Waals surface area contributed by atoms with Gasteiger partial charge in [0, 0.05) is 31.7 Å². The number of hydrogen-bond donors (Lipinski definition) is 1. The molecule has 4 rings (SSSR count). The first-order chi connectivity index (χ1) is 18.9. The number of rotatable bonds is 12. The number of aliphatic hydroxyl groups is 1. The Kier molecular flexibility index (Phi) is 9.79. The molecule has 2 aromatic rings. The molecular formula is C31H38N2O6. The largest absolute Gasteiger partial charge is 0.507 e. The van der Waals surface area contributed by atoms with Crippen molar-refractivity contribution in [2.24, 2.45) is 0 Å². The van der Waals surface area contributed by atoms with Crippen molar-refractivity contribution in [1.29, 1.82) is 0 Å². The predicted molar refractivity (Wildman–Crippen MR) is 150 cm³/mol. The van der Waals surface area contributed by atoms with E-state index in [9.17, 15) is 14.7 Å². The molecular weight excluding hydrogens is 496 g/mol. The average molecular weight is 535 g/mol. The van der Waals surface area contributed by atoms with E-state index in [0.29, 0.717) is 50.7 Å². The van der Waals surface area contributed by atoms with Gasteiger partial charge in [-0.2, -0.15) is 0 Å². The minimum atomic E-state index is -0.709. The number of carbonyl (C=O) groups is 2. The number of aryl methyl sites for hydroxylation is 1. The van der Waals surface area contributed by atoms with E-state index in [-0.39, 0.29) is 11.3 Å². The quantitative estimate of drug-likeness (QED) is 0.186. The highest BCUT2D eigenvalue weighted by atomic mass is 16.5. The van der Waals surface area contributed by atoms with Gasteiger partial charge in [-0.15, -0.1) is 0 Å². The lowest BCUT2D eigenvalue weighted by molar-refractivity contribution is -0.140. The minimum Gasteiger partial charge on any atom is -0.507 e. The highest BCUT2D eigenvalue weighted by Crippen LogP contribution is 2.40. The molecule has 2 aliphatic rings. The predicted octanol–water partition coefficient (Wildman–Crippen LogP) is 4.49. The highest BCUT2D eigenvalue weighted by molar-refractivity contribution is 6.46. The van der Waals surface area contributed by atoms with Crippen molar-refractivity contribution in [3.05, 3.63) is 77.4 Å². The van der Waals surface area contributed by atoms with Crippen LogP contribution in [0, 0.1) is 6.92 Å². The van der Waals surface area contributed by atoms with Gasteiger partial charge in [-0.25, -0.2) is 0 Å². The van der Waals surface area contributed by atoms with Crippen molar-refractivity contribution in [3.63, 3.8) is 0 Å². The first-order valence-corrected chi connectivity index (χ1v) is 13.6. The van der Waals surface area contributed by atoms with Crippen LogP contribution >= 0.6 is 0 Å². The summed E-state index contributed by atoms with van der Waals surface area (Å²) in [5.74, 6) is -0.0917. The number of ether oxygens (including phenoxy) is 3. The van der Waals surface area contributed by atoms with Crippen LogP contribution in [0.4, 0.5) is 0 Å². The molecule has 0 saturated carbocycles. The molecule has 1 amide bonds. The molecule has 0 radical (unpaired) electrons. The maximum absolute atomic E-state index is 13.4. The van der Waals surface area contributed by atoms with E-state index in [1.807, 2.05) is 26.0 Å². The molecule has 1 N–H and O–H groups in total. The standard InChI is InChI=1S/C31H38N2O6/c1-4-17-38-25-10-7-23(8-11-25)28-27(29(34)24-9-12-26(22(3)21-24)39-18-5-2)30(35)31(36)33(28)14-6-13-32-15-19-37-20-16-32/h4,7-12,21,28,34H,1,5-6,13-20H2,2-3H3/b29-27+. The van der Waals surface area contributed by atoms with Gasteiger partial charge in [0.25, 0.3) is 11.7 Å². The fourth-order valence-electron chi connectivity index (χ4n) is 4.97. The fourth-order valence-corrected chi connectivity index (χ4v) is 4.97. The summed E-state index contributed by atoms with van der Waals surface area (Å²) >= 11 is 0. The number of carbonyl (C=O) groups excluding carboxylic acids is 2. The van der Waals surface area contributed by atoms with E-state index in [1.54, 1.807) is 41.3 Å². The molecule has 0 aliphatic carbocycles. The number of likely N-dealkylation sites (tertiary alicyclic amines) is 1. The normalized spacial score (nSPS) is 19.3. The van der Waals surface area contributed by atoms with Crippen LogP contribution in [0.2, 0.25) is 0 Å². The number of ketones is 1. The van der Waals surface area contributed by atoms with Gasteiger partial charge in [0.15, 0.2) is 0 Å². The lowest BCUT2D eigenvalue weighted by atomic mass is 9.94. The lowest BCUT2D eigenvalue weighted by Crippen LogP contribution is -2.38. The number of benzene rings is 2. The van der Waals surface area contributed by atoms with Crippen molar-refractivity contribution < 1.29 is 28.9 Å². The smallest absolute Gasteiger partial charge is 0.295 e. The van der Waals surface area contributed by atoms with E-state index in [1.165, 1.54) is 0 Å². The molecule has 1 unspecified atom stereocenters. The Morgan fingerprint density at radius 1 is 1.10 bits per heavy atom. The maximum atomic E-state index is 13.4. The van der Waals surface area contributed by atoms with Crippen LogP contribution in [0.3, 0.4) is 0 Å². The monoisotopic (exact) mass is 534 g/mol. The molecule has 2 heterocycles. The molecule has 208 valence electrons. The van der Waals surface area contributed by atoms with Gasteiger partial charge in [-0.1, -0.05) is 31.7 Å². The summed E-state index contributed by atoms with van der Waals surface area (Å²) in [5.41, 5.74) is 2.13. The fraction of sp³-hybridized carbons (Fsp3) is 0.419. The van der Waals surface area contributed by atoms with Crippen LogP contribution < -0.4 is 9.47 Å². The van der Waals surface area contributed by atoms with Gasteiger partial charge in [0.05, 0.1) is 31.4 Å². The third-order valence-electron chi connectivity index (χ3n) is 6.99. The average Bonchev–Trinajstić information content (AvgIpc) is 3.21. The Morgan fingerprint density at radius 2 is 1.85 bits per heavy atom. The molecule has 8 nitrogen and oxygen atoms in total. The zero-order valence-electron chi connectivity index (χ0n) is 22.9. The molecule has 2 fully saturated rings. The zero-order valence-corrected chi connectivity index (χ0v) is 22.9. The summed E-state index contributed by atoms with van der Waals surface area (Å²) in [5, 5.41) is 11.4. The van der Waals surface area contributed by atoms with Gasteiger partial charge in [0.1, 0.15) is 23.9 Å². The second-order valence-electron chi connectivity index (χ2n) is 9.80. The van der Waals surface area contributed by atoms with Crippen molar-refractivity contribution in [1.82, 2.24) is 9.80 Å². The summed E-state index contributed by atoms with van der Waals surface area (Å²) in [7, 11) is 0. The van der Waals surface area contributed by atoms with Gasteiger partial charge < -0.3 is 24.2 Å². The molecule has 0 spiro atoms. The molecule has 2 saturated heterocycles. The molecule has 39 heavy (non-hydrogen) atoms. The third-order valence-corrected chi connectivity index (χ3v) is 6.99. The van der Waals surface area contributed by atoms with Crippen molar-refractivity contribution in [2.75, 3.05) is 52.6 Å². The van der Waals surface area contributed by atoms with Crippen LogP contribution in [-0.2, 0) is 14.3 Å². The van der Waals surface area contributed by atoms with Crippen molar-refractivity contribution in [2.45, 2.75) is 32.7 Å². The topological polar surface area (TPSA) is 88.5 Å². The molecule has 2 aromatic carbocycles. The Labute approximate surface area is 230 Å². The van der Waals surface area contributed by atoms with E-state index in [0.717, 1.165) is 42.9 Å². The van der Waals surface area contributed by atoms with Crippen LogP contribution in [-0.4, -0.2) is 79.2 Å². The van der Waals surface area contributed by atoms with E-state index < -0.39 is 17.7 Å². The zero-order chi connectivity index (χ0) is 27.8. The van der Waals surface area contributed by atoms with Gasteiger partial charge >= 0.3 is 0 Å². The van der Waals surface area contributed by atoms with Gasteiger partial charge in [-0.3, -0.25) is 14.5 Å². The molecule has 1 atom stereocenters. The van der Waals surface area contributed by atoms with E-state index >= 15 is 0 Å². The van der Waals surface area contributed by atoms with Gasteiger partial charge in [-0.05, 0) is 61.2 Å². The third kappa shape index (κ3) is 6.69. The Balaban J connectivity index is 1.66. The molecule has 8 heteroatoms. The van der Waals surface area contributed by atoms with Crippen LogP contribution in [0.25, 0.3) is 5.76 Å². The molecule has 2 aliphatic heterocycles. The first-order valence-electron chi connectivity index (χ1n) is 13.6. The first kappa shape index (κ1) is 28.4. The Bertz CT molecular complexity index is 1200. The van der Waals surface area contributed by atoms with E-state index in [2.05, 4.69) is 11.5 Å². The highest BCUT2D eigenvalue weighted by Gasteiger charge is 2.45. The maximum Gasteiger partial charge on any atom is 0.295 e. The van der Waals surface area contributed by atoms with Crippen molar-refractivity contribution >= 4 is 17.4 Å². The number of hydrogen-bond acceptors (Lipinski definition) is 7. The van der Waals surface area contributed by atoms with Crippen LogP contribution in [0.1, 0.15) is 42.5 Å². The van der Waals surface area contributed by atoms with E-state index in [4.69, 9.17) is 14.2 Å². The number of amides is 1. The second kappa shape index (κ2) is 13.4. The molecule has 0 bridgehead atoms. The number of morpholine rings is 1.